The predicted molar refractivity (Wildman–Crippen MR) is 108 cm³/mol. The fraction of sp³-hybridized carbons (Fsp3) is 0.350. The quantitative estimate of drug-likeness (QED) is 0.297. The minimum atomic E-state index is -0.585. The normalized spacial score (nSPS) is 20.5. The van der Waals surface area contributed by atoms with Crippen LogP contribution in [-0.4, -0.2) is 26.2 Å². The van der Waals surface area contributed by atoms with Gasteiger partial charge in [0.25, 0.3) is 5.91 Å². The molecule has 2 aliphatic rings. The molecule has 0 aromatic carbocycles. The van der Waals surface area contributed by atoms with Crippen molar-refractivity contribution < 1.29 is 13.6 Å². The Morgan fingerprint density at radius 1 is 1.22 bits per heavy atom. The van der Waals surface area contributed by atoms with Crippen molar-refractivity contribution in [2.75, 3.05) is 0 Å². The maximum Gasteiger partial charge on any atom is 0.266 e. The maximum absolute atomic E-state index is 13.8. The second-order valence-corrected chi connectivity index (χ2v) is 8.42. The molecular formula is C20H19FN2O2S2. The zero-order valence-corrected chi connectivity index (χ0v) is 16.3. The first-order valence-electron chi connectivity index (χ1n) is 9.11. The Kier molecular flexibility index (Phi) is 5.41. The average molecular weight is 403 g/mol. The third-order valence-electron chi connectivity index (χ3n) is 4.94. The van der Waals surface area contributed by atoms with Crippen LogP contribution in [0.5, 0.6) is 0 Å². The van der Waals surface area contributed by atoms with E-state index in [1.165, 1.54) is 30.8 Å². The van der Waals surface area contributed by atoms with Gasteiger partial charge >= 0.3 is 0 Å². The lowest BCUT2D eigenvalue weighted by Gasteiger charge is -2.25. The van der Waals surface area contributed by atoms with Gasteiger partial charge in [-0.25, -0.2) is 4.98 Å². The molecule has 1 saturated carbocycles. The van der Waals surface area contributed by atoms with E-state index in [0.717, 1.165) is 25.7 Å². The first-order valence-corrected chi connectivity index (χ1v) is 10.3. The summed E-state index contributed by atoms with van der Waals surface area (Å²) < 4.78 is 20.2. The maximum atomic E-state index is 13.8. The average Bonchev–Trinajstić information content (AvgIpc) is 3.10. The van der Waals surface area contributed by atoms with Crippen LogP contribution in [0.1, 0.15) is 44.3 Å². The number of nitrogens with zero attached hydrogens (tertiary/aromatic N) is 2. The summed E-state index contributed by atoms with van der Waals surface area (Å²) in [7, 11) is 0. The lowest BCUT2D eigenvalue weighted by atomic mass is 10.1. The van der Waals surface area contributed by atoms with E-state index in [1.807, 2.05) is 0 Å². The van der Waals surface area contributed by atoms with Gasteiger partial charge < -0.3 is 4.42 Å². The molecule has 7 heteroatoms. The molecule has 140 valence electrons. The lowest BCUT2D eigenvalue weighted by molar-refractivity contribution is -0.123. The van der Waals surface area contributed by atoms with Gasteiger partial charge in [0.2, 0.25) is 5.95 Å². The van der Waals surface area contributed by atoms with Gasteiger partial charge in [0, 0.05) is 18.3 Å². The van der Waals surface area contributed by atoms with Crippen LogP contribution in [0.25, 0.3) is 17.4 Å². The van der Waals surface area contributed by atoms with Crippen LogP contribution < -0.4 is 0 Å². The van der Waals surface area contributed by atoms with E-state index in [1.54, 1.807) is 35.2 Å². The van der Waals surface area contributed by atoms with Crippen LogP contribution in [0.15, 0.2) is 39.8 Å². The molecule has 0 unspecified atom stereocenters. The Morgan fingerprint density at radius 2 is 2.00 bits per heavy atom. The standard InChI is InChI=1S/C20H19FN2O2S2/c21-18-15(8-5-11-22-18)16-10-9-14(25-16)12-17-19(24)23(20(26)27-17)13-6-3-1-2-4-7-13/h5,8-13H,1-4,6-7H2/b17-12+. The molecule has 0 spiro atoms. The van der Waals surface area contributed by atoms with Crippen molar-refractivity contribution in [3.63, 3.8) is 0 Å². The lowest BCUT2D eigenvalue weighted by Crippen LogP contribution is -2.38. The second kappa shape index (κ2) is 7.94. The Morgan fingerprint density at radius 3 is 2.74 bits per heavy atom. The summed E-state index contributed by atoms with van der Waals surface area (Å²) in [5.74, 6) is 0.237. The number of furan rings is 1. The Balaban J connectivity index is 1.55. The van der Waals surface area contributed by atoms with E-state index in [2.05, 4.69) is 4.98 Å². The molecule has 1 amide bonds. The molecule has 0 radical (unpaired) electrons. The van der Waals surface area contributed by atoms with Crippen molar-refractivity contribution in [1.82, 2.24) is 9.88 Å². The monoisotopic (exact) mass is 402 g/mol. The van der Waals surface area contributed by atoms with Gasteiger partial charge in [-0.3, -0.25) is 9.69 Å². The predicted octanol–water partition coefficient (Wildman–Crippen LogP) is 5.40. The highest BCUT2D eigenvalue weighted by molar-refractivity contribution is 8.26. The summed E-state index contributed by atoms with van der Waals surface area (Å²) in [5.41, 5.74) is 0.295. The number of hydrogen-bond donors (Lipinski definition) is 0. The smallest absolute Gasteiger partial charge is 0.266 e. The van der Waals surface area contributed by atoms with Crippen LogP contribution in [-0.2, 0) is 4.79 Å². The molecule has 4 nitrogen and oxygen atoms in total. The van der Waals surface area contributed by atoms with E-state index < -0.39 is 5.95 Å². The van der Waals surface area contributed by atoms with Crippen molar-refractivity contribution in [3.8, 4) is 11.3 Å². The van der Waals surface area contributed by atoms with Crippen LogP contribution in [0.2, 0.25) is 0 Å². The summed E-state index contributed by atoms with van der Waals surface area (Å²) in [5, 5.41) is 0. The SMILES string of the molecule is O=C1/C(=C\c2ccc(-c3cccnc3F)o2)SC(=S)N1C1CCCCCC1. The number of thioether (sulfide) groups is 1. The van der Waals surface area contributed by atoms with Crippen molar-refractivity contribution in [3.05, 3.63) is 47.1 Å². The fourth-order valence-corrected chi connectivity index (χ4v) is 4.97. The molecule has 3 heterocycles. The molecule has 0 bridgehead atoms. The first-order chi connectivity index (χ1) is 13.1. The first kappa shape index (κ1) is 18.4. The molecule has 2 aromatic heterocycles. The highest BCUT2D eigenvalue weighted by atomic mass is 32.2. The summed E-state index contributed by atoms with van der Waals surface area (Å²) in [6, 6.07) is 6.86. The van der Waals surface area contributed by atoms with E-state index in [-0.39, 0.29) is 11.9 Å². The molecule has 27 heavy (non-hydrogen) atoms. The van der Waals surface area contributed by atoms with Gasteiger partial charge in [0.1, 0.15) is 15.8 Å². The number of hydrogen-bond acceptors (Lipinski definition) is 5. The number of aromatic nitrogens is 1. The number of amides is 1. The van der Waals surface area contributed by atoms with E-state index >= 15 is 0 Å². The Hall–Kier alpha value is -1.99. The molecule has 2 fully saturated rings. The number of carbonyl (C=O) groups excluding carboxylic acids is 1. The van der Waals surface area contributed by atoms with Crippen molar-refractivity contribution in [1.29, 1.82) is 0 Å². The van der Waals surface area contributed by atoms with Crippen molar-refractivity contribution in [2.24, 2.45) is 0 Å². The van der Waals surface area contributed by atoms with Crippen molar-refractivity contribution >= 4 is 40.3 Å². The van der Waals surface area contributed by atoms with Gasteiger partial charge in [0.05, 0.1) is 10.5 Å². The van der Waals surface area contributed by atoms with Gasteiger partial charge in [0.15, 0.2) is 0 Å². The summed E-state index contributed by atoms with van der Waals surface area (Å²) in [6.07, 6.45) is 9.81. The van der Waals surface area contributed by atoms with Crippen LogP contribution in [0.4, 0.5) is 4.39 Å². The molecule has 4 rings (SSSR count). The molecular weight excluding hydrogens is 383 g/mol. The number of thiocarbonyl (C=S) groups is 1. The van der Waals surface area contributed by atoms with Crippen molar-refractivity contribution in [2.45, 2.75) is 44.6 Å². The highest BCUT2D eigenvalue weighted by Crippen LogP contribution is 2.37. The zero-order valence-electron chi connectivity index (χ0n) is 14.7. The summed E-state index contributed by atoms with van der Waals surface area (Å²) in [4.78, 5) is 18.9. The fourth-order valence-electron chi connectivity index (χ4n) is 3.58. The molecule has 1 saturated heterocycles. The van der Waals surface area contributed by atoms with Crippen LogP contribution >= 0.6 is 24.0 Å². The second-order valence-electron chi connectivity index (χ2n) is 6.74. The number of pyridine rings is 1. The third-order valence-corrected chi connectivity index (χ3v) is 6.27. The number of halogens is 1. The molecule has 0 atom stereocenters. The Labute approximate surface area is 166 Å². The Bertz CT molecular complexity index is 901. The molecule has 2 aromatic rings. The van der Waals surface area contributed by atoms with E-state index in [4.69, 9.17) is 16.6 Å². The summed E-state index contributed by atoms with van der Waals surface area (Å²) >= 11 is 6.78. The largest absolute Gasteiger partial charge is 0.457 e. The van der Waals surface area contributed by atoms with E-state index in [9.17, 15) is 9.18 Å². The van der Waals surface area contributed by atoms with Gasteiger partial charge in [-0.2, -0.15) is 4.39 Å². The topological polar surface area (TPSA) is 46.3 Å². The third kappa shape index (κ3) is 3.84. The van der Waals surface area contributed by atoms with Crippen LogP contribution in [0.3, 0.4) is 0 Å². The van der Waals surface area contributed by atoms with Gasteiger partial charge in [-0.1, -0.05) is 49.7 Å². The minimum Gasteiger partial charge on any atom is -0.457 e. The summed E-state index contributed by atoms with van der Waals surface area (Å²) in [6.45, 7) is 0. The molecule has 0 N–H and O–H groups in total. The molecule has 1 aliphatic heterocycles. The minimum absolute atomic E-state index is 0.0533. The van der Waals surface area contributed by atoms with E-state index in [0.29, 0.717) is 26.3 Å². The zero-order chi connectivity index (χ0) is 18.8. The number of carbonyl (C=O) groups is 1. The van der Waals surface area contributed by atoms with Gasteiger partial charge in [-0.05, 0) is 37.1 Å². The van der Waals surface area contributed by atoms with Gasteiger partial charge in [-0.15, -0.1) is 0 Å². The van der Waals surface area contributed by atoms with Crippen LogP contribution in [0, 0.1) is 5.95 Å². The number of rotatable bonds is 3. The molecule has 1 aliphatic carbocycles. The highest BCUT2D eigenvalue weighted by Gasteiger charge is 2.37.